The molecule has 6 nitrogen and oxygen atoms in total. The van der Waals surface area contributed by atoms with E-state index >= 15 is 0 Å². The number of carbonyl (C=O) groups is 1. The number of anilines is 1. The molecule has 2 heterocycles. The van der Waals surface area contributed by atoms with E-state index in [9.17, 15) is 4.79 Å². The van der Waals surface area contributed by atoms with Crippen LogP contribution in [0.15, 0.2) is 0 Å². The number of nitrogens with zero attached hydrogens (tertiary/aromatic N) is 4. The molecule has 2 amide bonds. The summed E-state index contributed by atoms with van der Waals surface area (Å²) in [6.07, 6.45) is 3.08. The first-order valence-corrected chi connectivity index (χ1v) is 9.54. The van der Waals surface area contributed by atoms with Gasteiger partial charge in [0.1, 0.15) is 5.01 Å². The summed E-state index contributed by atoms with van der Waals surface area (Å²) in [5, 5.41) is 10.5. The molecule has 0 aliphatic carbocycles. The van der Waals surface area contributed by atoms with Crippen LogP contribution < -0.4 is 4.90 Å². The maximum absolute atomic E-state index is 12.7. The highest BCUT2D eigenvalue weighted by atomic mass is 32.1. The molecule has 1 aliphatic rings. The Balaban J connectivity index is 2.21. The molecule has 24 heavy (non-hydrogen) atoms. The van der Waals surface area contributed by atoms with Crippen molar-refractivity contribution in [1.29, 1.82) is 0 Å². The number of urea groups is 1. The van der Waals surface area contributed by atoms with Crippen molar-refractivity contribution >= 4 is 39.8 Å². The van der Waals surface area contributed by atoms with Crippen molar-refractivity contribution in [3.8, 4) is 0 Å². The standard InChI is InChI=1S/C16H26N4O2S2/c1-6-7-8-12(23)22-11-9-10-19(5)15(21)20(11)14-18-17-13(24-14)16(2,3)4/h11H,6-10H2,1-5H3. The van der Waals surface area contributed by atoms with Gasteiger partial charge in [-0.3, -0.25) is 0 Å². The molecule has 0 saturated carbocycles. The van der Waals surface area contributed by atoms with Gasteiger partial charge in [0.25, 0.3) is 0 Å². The molecule has 1 aromatic heterocycles. The number of unbranched alkanes of at least 4 members (excludes halogenated alkanes) is 1. The molecule has 2 rings (SSSR count). The van der Waals surface area contributed by atoms with E-state index in [-0.39, 0.29) is 11.4 Å². The first-order chi connectivity index (χ1) is 11.2. The van der Waals surface area contributed by atoms with Gasteiger partial charge >= 0.3 is 6.03 Å². The zero-order valence-corrected chi connectivity index (χ0v) is 16.7. The second-order valence-electron chi connectivity index (χ2n) is 7.05. The van der Waals surface area contributed by atoms with E-state index in [1.165, 1.54) is 11.3 Å². The van der Waals surface area contributed by atoms with E-state index < -0.39 is 6.23 Å². The number of aromatic nitrogens is 2. The van der Waals surface area contributed by atoms with Gasteiger partial charge in [-0.2, -0.15) is 0 Å². The molecule has 0 spiro atoms. The molecule has 1 aromatic rings. The van der Waals surface area contributed by atoms with Gasteiger partial charge in [0.2, 0.25) is 5.13 Å². The van der Waals surface area contributed by atoms with Crippen molar-refractivity contribution in [1.82, 2.24) is 15.1 Å². The van der Waals surface area contributed by atoms with Crippen LogP contribution in [0.3, 0.4) is 0 Å². The summed E-state index contributed by atoms with van der Waals surface area (Å²) in [7, 11) is 1.78. The first-order valence-electron chi connectivity index (χ1n) is 8.31. The predicted molar refractivity (Wildman–Crippen MR) is 101 cm³/mol. The Labute approximate surface area is 153 Å². The van der Waals surface area contributed by atoms with E-state index in [4.69, 9.17) is 17.0 Å². The normalized spacial score (nSPS) is 18.9. The van der Waals surface area contributed by atoms with Crippen molar-refractivity contribution in [3.63, 3.8) is 0 Å². The highest BCUT2D eigenvalue weighted by molar-refractivity contribution is 7.80. The summed E-state index contributed by atoms with van der Waals surface area (Å²) >= 11 is 6.76. The summed E-state index contributed by atoms with van der Waals surface area (Å²) in [4.78, 5) is 15.9. The van der Waals surface area contributed by atoms with Gasteiger partial charge in [-0.15, -0.1) is 10.2 Å². The van der Waals surface area contributed by atoms with Crippen LogP contribution in [-0.4, -0.2) is 46.0 Å². The number of ether oxygens (including phenoxy) is 1. The Bertz CT molecular complexity index is 597. The fourth-order valence-electron chi connectivity index (χ4n) is 2.30. The van der Waals surface area contributed by atoms with Crippen LogP contribution in [-0.2, 0) is 10.2 Å². The molecule has 0 aromatic carbocycles. The Hall–Kier alpha value is -1.28. The second kappa shape index (κ2) is 7.74. The van der Waals surface area contributed by atoms with Crippen molar-refractivity contribution in [3.05, 3.63) is 5.01 Å². The summed E-state index contributed by atoms with van der Waals surface area (Å²) in [6, 6.07) is -0.124. The maximum atomic E-state index is 12.7. The quantitative estimate of drug-likeness (QED) is 0.734. The lowest BCUT2D eigenvalue weighted by atomic mass is 9.98. The van der Waals surface area contributed by atoms with Crippen molar-refractivity contribution in [2.45, 2.75) is 65.0 Å². The molecular formula is C16H26N4O2S2. The lowest BCUT2D eigenvalue weighted by molar-refractivity contribution is 0.125. The fourth-order valence-corrected chi connectivity index (χ4v) is 3.49. The third kappa shape index (κ3) is 4.42. The molecule has 1 saturated heterocycles. The highest BCUT2D eigenvalue weighted by Gasteiger charge is 2.37. The van der Waals surface area contributed by atoms with Crippen LogP contribution in [0.2, 0.25) is 0 Å². The molecule has 0 radical (unpaired) electrons. The smallest absolute Gasteiger partial charge is 0.329 e. The van der Waals surface area contributed by atoms with Crippen LogP contribution in [0.5, 0.6) is 0 Å². The summed E-state index contributed by atoms with van der Waals surface area (Å²) in [5.41, 5.74) is -0.104. The van der Waals surface area contributed by atoms with Crippen LogP contribution in [0.4, 0.5) is 9.93 Å². The average molecular weight is 371 g/mol. The number of hydrogen-bond acceptors (Lipinski definition) is 6. The topological polar surface area (TPSA) is 58.6 Å². The zero-order valence-electron chi connectivity index (χ0n) is 15.0. The monoisotopic (exact) mass is 370 g/mol. The lowest BCUT2D eigenvalue weighted by Crippen LogP contribution is -2.54. The van der Waals surface area contributed by atoms with E-state index in [1.54, 1.807) is 16.8 Å². The molecule has 8 heteroatoms. The summed E-state index contributed by atoms with van der Waals surface area (Å²) in [6.45, 7) is 8.99. The molecular weight excluding hydrogens is 344 g/mol. The van der Waals surface area contributed by atoms with Gasteiger partial charge in [0.05, 0.1) is 0 Å². The van der Waals surface area contributed by atoms with Gasteiger partial charge < -0.3 is 9.64 Å². The number of thiocarbonyl (C=S) groups is 1. The Morgan fingerprint density at radius 2 is 2.12 bits per heavy atom. The minimum absolute atomic E-state index is 0.104. The zero-order chi connectivity index (χ0) is 17.9. The predicted octanol–water partition coefficient (Wildman–Crippen LogP) is 3.96. The lowest BCUT2D eigenvalue weighted by Gasteiger charge is -2.37. The fraction of sp³-hybridized carbons (Fsp3) is 0.750. The molecule has 1 aliphatic heterocycles. The molecule has 1 atom stereocenters. The van der Waals surface area contributed by atoms with Crippen LogP contribution in [0.25, 0.3) is 0 Å². The average Bonchev–Trinajstić information content (AvgIpc) is 2.99. The second-order valence-corrected chi connectivity index (χ2v) is 8.46. The molecule has 0 bridgehead atoms. The highest BCUT2D eigenvalue weighted by Crippen LogP contribution is 2.33. The van der Waals surface area contributed by atoms with E-state index in [1.807, 2.05) is 0 Å². The summed E-state index contributed by atoms with van der Waals surface area (Å²) in [5.74, 6) is 0. The van der Waals surface area contributed by atoms with E-state index in [0.717, 1.165) is 24.3 Å². The third-order valence-corrected chi connectivity index (χ3v) is 5.44. The minimum atomic E-state index is -0.404. The molecule has 1 fully saturated rings. The number of rotatable bonds is 5. The Kier molecular flexibility index (Phi) is 6.14. The van der Waals surface area contributed by atoms with Gasteiger partial charge in [0, 0.05) is 31.8 Å². The minimum Gasteiger partial charge on any atom is -0.463 e. The number of hydrogen-bond donors (Lipinski definition) is 0. The third-order valence-electron chi connectivity index (χ3n) is 3.80. The van der Waals surface area contributed by atoms with Crippen molar-refractivity contribution < 1.29 is 9.53 Å². The summed E-state index contributed by atoms with van der Waals surface area (Å²) < 4.78 is 5.92. The van der Waals surface area contributed by atoms with Crippen LogP contribution >= 0.6 is 23.6 Å². The van der Waals surface area contributed by atoms with Crippen LogP contribution in [0.1, 0.15) is 58.4 Å². The van der Waals surface area contributed by atoms with E-state index in [2.05, 4.69) is 37.9 Å². The van der Waals surface area contributed by atoms with Crippen molar-refractivity contribution in [2.75, 3.05) is 18.5 Å². The number of carbonyl (C=O) groups excluding carboxylic acids is 1. The Morgan fingerprint density at radius 3 is 2.71 bits per heavy atom. The number of amides is 2. The van der Waals surface area contributed by atoms with Gasteiger partial charge in [-0.05, 0) is 18.6 Å². The van der Waals surface area contributed by atoms with Crippen molar-refractivity contribution in [2.24, 2.45) is 0 Å². The van der Waals surface area contributed by atoms with Gasteiger partial charge in [-0.1, -0.05) is 45.5 Å². The first kappa shape index (κ1) is 19.1. The molecule has 0 N–H and O–H groups in total. The SMILES string of the molecule is CCCCC(=S)OC1CCN(C)C(=O)N1c1nnc(C(C)(C)C)s1. The Morgan fingerprint density at radius 1 is 1.42 bits per heavy atom. The molecule has 134 valence electrons. The van der Waals surface area contributed by atoms with Gasteiger partial charge in [-0.25, -0.2) is 9.69 Å². The molecule has 1 unspecified atom stereocenters. The van der Waals surface area contributed by atoms with Gasteiger partial charge in [0.15, 0.2) is 11.3 Å². The largest absolute Gasteiger partial charge is 0.463 e. The van der Waals surface area contributed by atoms with Crippen LogP contribution in [0, 0.1) is 0 Å². The van der Waals surface area contributed by atoms with E-state index in [0.29, 0.717) is 23.1 Å². The maximum Gasteiger partial charge on any atom is 0.329 e.